The highest BCUT2D eigenvalue weighted by Crippen LogP contribution is 2.77. The molecule has 9 N–H and O–H groups in total. The van der Waals surface area contributed by atoms with Crippen LogP contribution in [-0.2, 0) is 28.5 Å². The second-order valence-electron chi connectivity index (χ2n) is 20.0. The number of hydrogen-bond donors (Lipinski definition) is 9. The highest BCUT2D eigenvalue weighted by Gasteiger charge is 2.72. The van der Waals surface area contributed by atoms with Gasteiger partial charge in [0.05, 0.1) is 24.7 Å². The summed E-state index contributed by atoms with van der Waals surface area (Å²) in [7, 11) is 0. The maximum atomic E-state index is 13.1. The van der Waals surface area contributed by atoms with Crippen molar-refractivity contribution in [3.05, 3.63) is 12.2 Å². The number of ether oxygens (including phenoxy) is 4. The Morgan fingerprint density at radius 2 is 1.40 bits per heavy atom. The van der Waals surface area contributed by atoms with E-state index in [9.17, 15) is 55.5 Å². The molecule has 0 aromatic carbocycles. The number of aliphatic hydroxyl groups is 7. The summed E-state index contributed by atoms with van der Waals surface area (Å²) < 4.78 is 23.3. The van der Waals surface area contributed by atoms with Crippen molar-refractivity contribution in [1.29, 1.82) is 0 Å². The smallest absolute Gasteiger partial charge is 0.335 e. The summed E-state index contributed by atoms with van der Waals surface area (Å²) in [5, 5.41) is 95.4. The molecule has 21 unspecified atom stereocenters. The zero-order valence-electron chi connectivity index (χ0n) is 33.9. The molecule has 2 saturated heterocycles. The average Bonchev–Trinajstić information content (AvgIpc) is 3.57. The highest BCUT2D eigenvalue weighted by atomic mass is 16.7. The molecule has 2 aliphatic heterocycles. The quantitative estimate of drug-likeness (QED) is 0.119. The first-order valence-electron chi connectivity index (χ1n) is 21.0. The van der Waals surface area contributed by atoms with E-state index in [0.717, 1.165) is 44.1 Å². The summed E-state index contributed by atoms with van der Waals surface area (Å²) in [6.07, 6.45) is -10.7. The fourth-order valence-electron chi connectivity index (χ4n) is 14.6. The molecule has 7 aliphatic rings. The minimum atomic E-state index is -1.98. The van der Waals surface area contributed by atoms with Crippen LogP contribution in [0.2, 0.25) is 0 Å². The number of aliphatic carboxylic acids is 2. The van der Waals surface area contributed by atoms with E-state index >= 15 is 0 Å². The first kappa shape index (κ1) is 43.3. The van der Waals surface area contributed by atoms with Gasteiger partial charge in [0.15, 0.2) is 18.7 Å². The van der Waals surface area contributed by atoms with Gasteiger partial charge in [-0.25, -0.2) is 4.79 Å². The first-order valence-corrected chi connectivity index (χ1v) is 21.0. The van der Waals surface area contributed by atoms with Crippen LogP contribution in [-0.4, -0.2) is 139 Å². The molecule has 5 saturated carbocycles. The molecule has 0 bridgehead atoms. The molecule has 15 heteroatoms. The van der Waals surface area contributed by atoms with E-state index < -0.39 is 96.9 Å². The summed E-state index contributed by atoms with van der Waals surface area (Å²) in [5.74, 6) is -1.52. The van der Waals surface area contributed by atoms with Crippen LogP contribution in [0, 0.1) is 56.7 Å². The highest BCUT2D eigenvalue weighted by molar-refractivity contribution is 5.76. The molecule has 0 aromatic heterocycles. The molecule has 324 valence electrons. The van der Waals surface area contributed by atoms with Gasteiger partial charge in [0.1, 0.15) is 42.7 Å². The van der Waals surface area contributed by atoms with Crippen LogP contribution in [0.4, 0.5) is 0 Å². The van der Waals surface area contributed by atoms with Gasteiger partial charge < -0.3 is 64.9 Å². The van der Waals surface area contributed by atoms with Gasteiger partial charge in [-0.1, -0.05) is 39.8 Å². The predicted octanol–water partition coefficient (Wildman–Crippen LogP) is 1.80. The molecule has 57 heavy (non-hydrogen) atoms. The van der Waals surface area contributed by atoms with E-state index in [2.05, 4.69) is 34.3 Å². The van der Waals surface area contributed by atoms with Crippen molar-refractivity contribution in [2.45, 2.75) is 166 Å². The lowest BCUT2D eigenvalue weighted by Gasteiger charge is -2.73. The van der Waals surface area contributed by atoms with Crippen LogP contribution >= 0.6 is 0 Å². The summed E-state index contributed by atoms with van der Waals surface area (Å²) >= 11 is 0. The average molecular weight is 811 g/mol. The Kier molecular flexibility index (Phi) is 11.4. The van der Waals surface area contributed by atoms with Gasteiger partial charge in [-0.2, -0.15) is 0 Å². The van der Waals surface area contributed by atoms with Crippen LogP contribution in [0.5, 0.6) is 0 Å². The van der Waals surface area contributed by atoms with Gasteiger partial charge >= 0.3 is 11.9 Å². The van der Waals surface area contributed by atoms with E-state index in [0.29, 0.717) is 25.7 Å². The maximum Gasteiger partial charge on any atom is 0.335 e. The topological polar surface area (TPSA) is 253 Å². The predicted molar refractivity (Wildman–Crippen MR) is 200 cm³/mol. The molecule has 2 heterocycles. The van der Waals surface area contributed by atoms with E-state index in [1.54, 1.807) is 0 Å². The summed E-state index contributed by atoms with van der Waals surface area (Å²) in [4.78, 5) is 25.4. The van der Waals surface area contributed by atoms with Gasteiger partial charge in [-0.05, 0) is 117 Å². The van der Waals surface area contributed by atoms with Crippen molar-refractivity contribution in [3.8, 4) is 0 Å². The molecule has 0 spiro atoms. The number of rotatable bonds is 9. The second-order valence-corrected chi connectivity index (χ2v) is 20.0. The Bertz CT molecular complexity index is 1560. The maximum absolute atomic E-state index is 13.1. The van der Waals surface area contributed by atoms with Gasteiger partial charge in [-0.3, -0.25) is 4.79 Å². The van der Waals surface area contributed by atoms with Crippen molar-refractivity contribution in [2.24, 2.45) is 56.7 Å². The number of allylic oxidation sites excluding steroid dienone is 1. The fraction of sp³-hybridized carbons (Fsp3) is 0.905. The standard InChI is InChI=1S/C42H66O15/c1-19(2)20-9-14-42(37(52)53)16-15-40(5)21(26(20)42)7-8-24-38(3)12-11-25(39(4,18-44)23(38)10-13-41(24,40)6)55-36-31(49)32(30(48)33(57-36)34(50)51)56-35-29(47)28(46)27(45)22(17-43)54-35/h20-33,35-36,43-49H,1,7-18H2,2-6H3,(H,50,51)(H,52,53). The van der Waals surface area contributed by atoms with Crippen LogP contribution in [0.3, 0.4) is 0 Å². The van der Waals surface area contributed by atoms with Gasteiger partial charge in [0, 0.05) is 5.41 Å². The molecule has 7 fully saturated rings. The van der Waals surface area contributed by atoms with Crippen molar-refractivity contribution in [1.82, 2.24) is 0 Å². The number of carboxylic acid groups (broad SMARTS) is 2. The molecule has 5 aliphatic carbocycles. The second kappa shape index (κ2) is 15.0. The summed E-state index contributed by atoms with van der Waals surface area (Å²) in [5.41, 5.74) is -0.931. The number of carbonyl (C=O) groups is 2. The monoisotopic (exact) mass is 810 g/mol. The van der Waals surface area contributed by atoms with E-state index in [1.165, 1.54) is 0 Å². The molecule has 0 radical (unpaired) electrons. The number of carboxylic acids is 2. The van der Waals surface area contributed by atoms with Crippen molar-refractivity contribution >= 4 is 11.9 Å². The third-order valence-electron chi connectivity index (χ3n) is 17.8. The molecular formula is C42H66O15. The van der Waals surface area contributed by atoms with E-state index in [4.69, 9.17) is 18.9 Å². The van der Waals surface area contributed by atoms with Crippen molar-refractivity contribution in [3.63, 3.8) is 0 Å². The van der Waals surface area contributed by atoms with Crippen LogP contribution in [0.1, 0.15) is 98.8 Å². The minimum absolute atomic E-state index is 0.0360. The Morgan fingerprint density at radius 1 is 0.719 bits per heavy atom. The molecule has 0 amide bonds. The SMILES string of the molecule is C=C(C)C1CCC2(C(=O)O)CCC3(C)C(CCC4C5(C)CCC(OC6OC(C(=O)O)C(O)C(OC7OC(CO)C(O)C(O)C7O)C6O)C(C)(CO)C5CCC43C)C12. The number of hydrogen-bond acceptors (Lipinski definition) is 13. The minimum Gasteiger partial charge on any atom is -0.481 e. The molecule has 7 rings (SSSR count). The van der Waals surface area contributed by atoms with Gasteiger partial charge in [0.2, 0.25) is 0 Å². The third kappa shape index (κ3) is 6.22. The molecular weight excluding hydrogens is 744 g/mol. The Labute approximate surface area is 334 Å². The lowest BCUT2D eigenvalue weighted by Crippen LogP contribution is -2.69. The summed E-state index contributed by atoms with van der Waals surface area (Å²) in [6, 6.07) is 0. The molecule has 21 atom stereocenters. The Balaban J connectivity index is 1.13. The largest absolute Gasteiger partial charge is 0.481 e. The molecule has 0 aromatic rings. The van der Waals surface area contributed by atoms with Gasteiger partial charge in [0.25, 0.3) is 0 Å². The zero-order chi connectivity index (χ0) is 41.8. The van der Waals surface area contributed by atoms with Crippen LogP contribution in [0.15, 0.2) is 12.2 Å². The van der Waals surface area contributed by atoms with Crippen LogP contribution in [0.25, 0.3) is 0 Å². The zero-order valence-corrected chi connectivity index (χ0v) is 33.9. The van der Waals surface area contributed by atoms with Crippen molar-refractivity contribution in [2.75, 3.05) is 13.2 Å². The number of fused-ring (bicyclic) bond motifs is 7. The lowest BCUT2D eigenvalue weighted by atomic mass is 9.32. The first-order chi connectivity index (χ1) is 26.7. The van der Waals surface area contributed by atoms with Crippen LogP contribution < -0.4 is 0 Å². The number of aliphatic hydroxyl groups excluding tert-OH is 7. The fourth-order valence-corrected chi connectivity index (χ4v) is 14.6. The van der Waals surface area contributed by atoms with Crippen molar-refractivity contribution < 1.29 is 74.5 Å². The normalized spacial score (nSPS) is 54.8. The van der Waals surface area contributed by atoms with Gasteiger partial charge in [-0.15, -0.1) is 0 Å². The third-order valence-corrected chi connectivity index (χ3v) is 17.8. The lowest BCUT2D eigenvalue weighted by molar-refractivity contribution is -0.367. The Hall–Kier alpha value is -1.76. The Morgan fingerprint density at radius 3 is 2.02 bits per heavy atom. The van der Waals surface area contributed by atoms with E-state index in [-0.39, 0.29) is 52.4 Å². The van der Waals surface area contributed by atoms with E-state index in [1.807, 2.05) is 6.92 Å². The molecule has 15 nitrogen and oxygen atoms in total. The summed E-state index contributed by atoms with van der Waals surface area (Å²) in [6.45, 7) is 14.5.